The topological polar surface area (TPSA) is 41.1 Å². The lowest BCUT2D eigenvalue weighted by Gasteiger charge is -2.12. The molecular weight excluding hydrogens is 304 g/mol. The highest BCUT2D eigenvalue weighted by Crippen LogP contribution is 2.23. The van der Waals surface area contributed by atoms with Crippen molar-refractivity contribution in [3.05, 3.63) is 53.1 Å². The molecule has 110 valence electrons. The van der Waals surface area contributed by atoms with Crippen molar-refractivity contribution in [2.24, 2.45) is 0 Å². The van der Waals surface area contributed by atoms with Crippen molar-refractivity contribution in [1.82, 2.24) is 0 Å². The molecule has 2 rings (SSSR count). The monoisotopic (exact) mass is 320 g/mol. The van der Waals surface area contributed by atoms with Crippen LogP contribution in [0.25, 0.3) is 0 Å². The molecule has 0 saturated heterocycles. The molecule has 0 bridgehead atoms. The van der Waals surface area contributed by atoms with Crippen LogP contribution >= 0.6 is 23.4 Å². The van der Waals surface area contributed by atoms with E-state index in [-0.39, 0.29) is 5.91 Å². The van der Waals surface area contributed by atoms with Gasteiger partial charge in [-0.15, -0.1) is 11.8 Å². The van der Waals surface area contributed by atoms with E-state index in [1.54, 1.807) is 23.9 Å². The molecule has 0 radical (unpaired) electrons. The number of hydrogen-bond acceptors (Lipinski definition) is 3. The second-order valence-electron chi connectivity index (χ2n) is 4.41. The molecule has 0 atom stereocenters. The van der Waals surface area contributed by atoms with Gasteiger partial charge in [-0.1, -0.05) is 17.7 Å². The molecule has 0 aromatic heterocycles. The summed E-state index contributed by atoms with van der Waals surface area (Å²) in [6.45, 7) is 2.72. The van der Waals surface area contributed by atoms with Gasteiger partial charge in [0.15, 0.2) is 0 Å². The third kappa shape index (κ3) is 4.16. The van der Waals surface area contributed by atoms with Gasteiger partial charge in [0.25, 0.3) is 5.91 Å². The van der Waals surface area contributed by atoms with E-state index in [2.05, 4.69) is 10.6 Å². The lowest BCUT2D eigenvalue weighted by Crippen LogP contribution is -2.14. The largest absolute Gasteiger partial charge is 0.385 e. The Morgan fingerprint density at radius 3 is 2.76 bits per heavy atom. The van der Waals surface area contributed by atoms with E-state index in [4.69, 9.17) is 11.6 Å². The lowest BCUT2D eigenvalue weighted by molar-refractivity contribution is 0.102. The molecule has 0 aliphatic carbocycles. The fraction of sp³-hybridized carbons (Fsp3) is 0.188. The van der Waals surface area contributed by atoms with E-state index >= 15 is 0 Å². The Bertz CT molecular complexity index is 646. The number of nitrogens with one attached hydrogen (secondary N) is 2. The summed E-state index contributed by atoms with van der Waals surface area (Å²) in [4.78, 5) is 13.5. The number of thioether (sulfide) groups is 1. The molecule has 1 amide bonds. The molecule has 0 unspecified atom stereocenters. The third-order valence-electron chi connectivity index (χ3n) is 2.92. The summed E-state index contributed by atoms with van der Waals surface area (Å²) in [7, 11) is 0. The first kappa shape index (κ1) is 15.7. The number of anilines is 2. The van der Waals surface area contributed by atoms with Crippen LogP contribution in [0.3, 0.4) is 0 Å². The Balaban J connectivity index is 2.25. The number of carbonyl (C=O) groups excluding carboxylic acids is 1. The Morgan fingerprint density at radius 1 is 1.24 bits per heavy atom. The summed E-state index contributed by atoms with van der Waals surface area (Å²) >= 11 is 7.64. The first-order valence-electron chi connectivity index (χ1n) is 6.63. The minimum absolute atomic E-state index is 0.174. The predicted molar refractivity (Wildman–Crippen MR) is 91.8 cm³/mol. The first-order valence-corrected chi connectivity index (χ1v) is 8.23. The Morgan fingerprint density at radius 2 is 2.05 bits per heavy atom. The van der Waals surface area contributed by atoms with Gasteiger partial charge in [-0.3, -0.25) is 4.79 Å². The van der Waals surface area contributed by atoms with Crippen LogP contribution in [-0.2, 0) is 0 Å². The Labute approximate surface area is 134 Å². The van der Waals surface area contributed by atoms with E-state index in [1.807, 2.05) is 43.5 Å². The molecule has 0 spiro atoms. The van der Waals surface area contributed by atoms with Crippen LogP contribution in [0.15, 0.2) is 47.4 Å². The van der Waals surface area contributed by atoms with E-state index < -0.39 is 0 Å². The van der Waals surface area contributed by atoms with Gasteiger partial charge < -0.3 is 10.6 Å². The molecular formula is C16H17ClN2OS. The number of rotatable bonds is 5. The van der Waals surface area contributed by atoms with Gasteiger partial charge in [0, 0.05) is 27.8 Å². The highest BCUT2D eigenvalue weighted by molar-refractivity contribution is 7.98. The molecule has 5 heteroatoms. The zero-order valence-corrected chi connectivity index (χ0v) is 13.5. The van der Waals surface area contributed by atoms with Crippen LogP contribution in [0.1, 0.15) is 17.3 Å². The van der Waals surface area contributed by atoms with Crippen LogP contribution in [0, 0.1) is 0 Å². The maximum Gasteiger partial charge on any atom is 0.257 e. The Kier molecular flexibility index (Phi) is 5.53. The van der Waals surface area contributed by atoms with Gasteiger partial charge >= 0.3 is 0 Å². The van der Waals surface area contributed by atoms with Gasteiger partial charge in [0.2, 0.25) is 0 Å². The summed E-state index contributed by atoms with van der Waals surface area (Å²) in [6.07, 6.45) is 2.00. The van der Waals surface area contributed by atoms with E-state index in [0.717, 1.165) is 22.8 Å². The lowest BCUT2D eigenvalue weighted by atomic mass is 10.1. The minimum atomic E-state index is -0.174. The summed E-state index contributed by atoms with van der Waals surface area (Å²) in [5.41, 5.74) is 2.09. The van der Waals surface area contributed by atoms with Crippen molar-refractivity contribution in [2.75, 3.05) is 23.4 Å². The van der Waals surface area contributed by atoms with Crippen molar-refractivity contribution in [3.63, 3.8) is 0 Å². The summed E-state index contributed by atoms with van der Waals surface area (Å²) in [5.74, 6) is -0.174. The fourth-order valence-electron chi connectivity index (χ4n) is 1.95. The summed E-state index contributed by atoms with van der Waals surface area (Å²) in [6, 6.07) is 13.0. The molecule has 0 fully saturated rings. The van der Waals surface area contributed by atoms with Gasteiger partial charge in [0.05, 0.1) is 5.56 Å². The van der Waals surface area contributed by atoms with Gasteiger partial charge in [-0.25, -0.2) is 0 Å². The van der Waals surface area contributed by atoms with E-state index in [0.29, 0.717) is 10.6 Å². The Hall–Kier alpha value is -1.65. The predicted octanol–water partition coefficient (Wildman–Crippen LogP) is 4.75. The molecule has 2 aromatic carbocycles. The molecule has 3 nitrogen and oxygen atoms in total. The number of amides is 1. The zero-order chi connectivity index (χ0) is 15.2. The number of carbonyl (C=O) groups is 1. The van der Waals surface area contributed by atoms with Crippen LogP contribution in [0.4, 0.5) is 11.4 Å². The van der Waals surface area contributed by atoms with Crippen molar-refractivity contribution >= 4 is 40.6 Å². The second-order valence-corrected chi connectivity index (χ2v) is 5.72. The molecule has 21 heavy (non-hydrogen) atoms. The second kappa shape index (κ2) is 7.38. The van der Waals surface area contributed by atoms with Crippen molar-refractivity contribution in [1.29, 1.82) is 0 Å². The maximum absolute atomic E-state index is 12.4. The molecule has 2 N–H and O–H groups in total. The quantitative estimate of drug-likeness (QED) is 0.781. The minimum Gasteiger partial charge on any atom is -0.385 e. The van der Waals surface area contributed by atoms with Crippen LogP contribution in [0.5, 0.6) is 0 Å². The average molecular weight is 321 g/mol. The van der Waals surface area contributed by atoms with Crippen molar-refractivity contribution in [2.45, 2.75) is 11.8 Å². The highest BCUT2D eigenvalue weighted by Gasteiger charge is 2.12. The van der Waals surface area contributed by atoms with Gasteiger partial charge in [-0.05, 0) is 49.6 Å². The number of hydrogen-bond donors (Lipinski definition) is 2. The third-order valence-corrected chi connectivity index (χ3v) is 3.88. The zero-order valence-electron chi connectivity index (χ0n) is 11.9. The van der Waals surface area contributed by atoms with Crippen LogP contribution < -0.4 is 10.6 Å². The molecule has 2 aromatic rings. The standard InChI is InChI=1S/C16H17ClN2OS/c1-3-18-15-8-7-11(17)9-14(15)16(20)19-12-5-4-6-13(10-12)21-2/h4-10,18H,3H2,1-2H3,(H,19,20). The molecule has 0 heterocycles. The van der Waals surface area contributed by atoms with Crippen LogP contribution in [0.2, 0.25) is 5.02 Å². The molecule has 0 saturated carbocycles. The fourth-order valence-corrected chi connectivity index (χ4v) is 2.58. The normalized spacial score (nSPS) is 10.2. The SMILES string of the molecule is CCNc1ccc(Cl)cc1C(=O)Nc1cccc(SC)c1. The molecule has 0 aliphatic rings. The van der Waals surface area contributed by atoms with Gasteiger partial charge in [0.1, 0.15) is 0 Å². The highest BCUT2D eigenvalue weighted by atomic mass is 35.5. The van der Waals surface area contributed by atoms with Crippen molar-refractivity contribution in [3.8, 4) is 0 Å². The van der Waals surface area contributed by atoms with Gasteiger partial charge in [-0.2, -0.15) is 0 Å². The first-order chi connectivity index (χ1) is 10.1. The van der Waals surface area contributed by atoms with E-state index in [1.165, 1.54) is 0 Å². The number of halogens is 1. The smallest absolute Gasteiger partial charge is 0.257 e. The maximum atomic E-state index is 12.4. The van der Waals surface area contributed by atoms with Crippen LogP contribution in [-0.4, -0.2) is 18.7 Å². The van der Waals surface area contributed by atoms with Crippen molar-refractivity contribution < 1.29 is 4.79 Å². The number of benzene rings is 2. The molecule has 0 aliphatic heterocycles. The van der Waals surface area contributed by atoms with E-state index in [9.17, 15) is 4.79 Å². The average Bonchev–Trinajstić information content (AvgIpc) is 2.49. The summed E-state index contributed by atoms with van der Waals surface area (Å²) in [5, 5.41) is 6.62. The summed E-state index contributed by atoms with van der Waals surface area (Å²) < 4.78 is 0.